The van der Waals surface area contributed by atoms with Crippen molar-refractivity contribution in [3.63, 3.8) is 0 Å². The van der Waals surface area contributed by atoms with Crippen LogP contribution in [-0.4, -0.2) is 5.97 Å². The van der Waals surface area contributed by atoms with Crippen molar-refractivity contribution in [1.82, 2.24) is 0 Å². The van der Waals surface area contributed by atoms with Gasteiger partial charge in [-0.2, -0.15) is 13.2 Å². The Kier molecular flexibility index (Phi) is 4.87. The van der Waals surface area contributed by atoms with Gasteiger partial charge in [-0.05, 0) is 46.4 Å². The molecule has 0 aliphatic carbocycles. The van der Waals surface area contributed by atoms with E-state index in [0.29, 0.717) is 9.13 Å². The van der Waals surface area contributed by atoms with Gasteiger partial charge in [0.05, 0.1) is 11.1 Å². The number of alkyl halides is 3. The average molecular weight is 406 g/mol. The molecule has 0 amide bonds. The molecule has 0 saturated carbocycles. The number of carbonyl (C=O) groups is 1. The van der Waals surface area contributed by atoms with Crippen LogP contribution in [0.3, 0.4) is 0 Å². The molecule has 0 aliphatic heterocycles. The molecule has 0 unspecified atom stereocenters. The van der Waals surface area contributed by atoms with Crippen molar-refractivity contribution in [2.75, 3.05) is 0 Å². The first kappa shape index (κ1) is 15.8. The molecule has 0 heterocycles. The van der Waals surface area contributed by atoms with Crippen LogP contribution in [-0.2, 0) is 17.5 Å². The van der Waals surface area contributed by atoms with Gasteiger partial charge in [0.25, 0.3) is 0 Å². The number of ether oxygens (including phenoxy) is 1. The third-order valence-electron chi connectivity index (χ3n) is 2.72. The fourth-order valence-corrected chi connectivity index (χ4v) is 2.22. The summed E-state index contributed by atoms with van der Waals surface area (Å²) in [5.74, 6) is -0.984. The monoisotopic (exact) mass is 406 g/mol. The standard InChI is InChI=1S/C15H10F3IO2/c16-15(17,18)13-8-11(19)6-7-12(13)14(20)21-9-10-4-2-1-3-5-10/h1-8H,9H2. The van der Waals surface area contributed by atoms with Crippen molar-refractivity contribution in [3.8, 4) is 0 Å². The van der Waals surface area contributed by atoms with E-state index >= 15 is 0 Å². The summed E-state index contributed by atoms with van der Waals surface area (Å²) >= 11 is 1.76. The van der Waals surface area contributed by atoms with Crippen LogP contribution in [0.2, 0.25) is 0 Å². The zero-order valence-corrected chi connectivity index (χ0v) is 12.8. The first-order valence-corrected chi connectivity index (χ1v) is 7.03. The maximum atomic E-state index is 12.9. The number of esters is 1. The van der Waals surface area contributed by atoms with E-state index in [4.69, 9.17) is 4.74 Å². The number of rotatable bonds is 3. The van der Waals surface area contributed by atoms with Crippen LogP contribution >= 0.6 is 22.6 Å². The molecular formula is C15H10F3IO2. The SMILES string of the molecule is O=C(OCc1ccccc1)c1ccc(I)cc1C(F)(F)F. The summed E-state index contributed by atoms with van der Waals surface area (Å²) in [6.07, 6.45) is -4.59. The topological polar surface area (TPSA) is 26.3 Å². The van der Waals surface area contributed by atoms with Crippen LogP contribution in [0.5, 0.6) is 0 Å². The minimum Gasteiger partial charge on any atom is -0.457 e. The van der Waals surface area contributed by atoms with Gasteiger partial charge in [0, 0.05) is 3.57 Å². The Morgan fingerprint density at radius 3 is 2.38 bits per heavy atom. The lowest BCUT2D eigenvalue weighted by Crippen LogP contribution is -2.15. The van der Waals surface area contributed by atoms with Gasteiger partial charge in [0.1, 0.15) is 6.61 Å². The molecule has 0 aromatic heterocycles. The van der Waals surface area contributed by atoms with Gasteiger partial charge >= 0.3 is 12.1 Å². The third-order valence-corrected chi connectivity index (χ3v) is 3.39. The lowest BCUT2D eigenvalue weighted by Gasteiger charge is -2.13. The van der Waals surface area contributed by atoms with Crippen LogP contribution in [0.25, 0.3) is 0 Å². The Balaban J connectivity index is 2.20. The quantitative estimate of drug-likeness (QED) is 0.547. The number of halogens is 4. The Morgan fingerprint density at radius 2 is 1.76 bits per heavy atom. The summed E-state index contributed by atoms with van der Waals surface area (Å²) in [6.45, 7) is -0.0665. The van der Waals surface area contributed by atoms with Gasteiger partial charge in [-0.15, -0.1) is 0 Å². The molecule has 0 radical (unpaired) electrons. The first-order valence-electron chi connectivity index (χ1n) is 5.96. The Hall–Kier alpha value is -1.57. The minimum absolute atomic E-state index is 0.0665. The maximum absolute atomic E-state index is 12.9. The smallest absolute Gasteiger partial charge is 0.417 e. The molecule has 0 fully saturated rings. The van der Waals surface area contributed by atoms with Gasteiger partial charge < -0.3 is 4.74 Å². The Bertz CT molecular complexity index is 639. The molecule has 110 valence electrons. The molecule has 0 aliphatic rings. The maximum Gasteiger partial charge on any atom is 0.417 e. The highest BCUT2D eigenvalue weighted by molar-refractivity contribution is 14.1. The highest BCUT2D eigenvalue weighted by atomic mass is 127. The molecule has 0 spiro atoms. The summed E-state index contributed by atoms with van der Waals surface area (Å²) in [6, 6.07) is 12.3. The van der Waals surface area contributed by atoms with Crippen LogP contribution < -0.4 is 0 Å². The van der Waals surface area contributed by atoms with E-state index in [1.54, 1.807) is 52.9 Å². The van der Waals surface area contributed by atoms with E-state index in [9.17, 15) is 18.0 Å². The van der Waals surface area contributed by atoms with Gasteiger partial charge in [-0.25, -0.2) is 4.79 Å². The highest BCUT2D eigenvalue weighted by Crippen LogP contribution is 2.33. The first-order chi connectivity index (χ1) is 9.88. The van der Waals surface area contributed by atoms with Crippen molar-refractivity contribution in [3.05, 3.63) is 68.8 Å². The van der Waals surface area contributed by atoms with E-state index in [-0.39, 0.29) is 6.61 Å². The largest absolute Gasteiger partial charge is 0.457 e. The van der Waals surface area contributed by atoms with E-state index < -0.39 is 23.3 Å². The van der Waals surface area contributed by atoms with Gasteiger partial charge in [-0.3, -0.25) is 0 Å². The van der Waals surface area contributed by atoms with Crippen molar-refractivity contribution in [2.45, 2.75) is 12.8 Å². The van der Waals surface area contributed by atoms with Gasteiger partial charge in [0.15, 0.2) is 0 Å². The van der Waals surface area contributed by atoms with E-state index in [0.717, 1.165) is 12.1 Å². The molecule has 2 nitrogen and oxygen atoms in total. The number of benzene rings is 2. The van der Waals surface area contributed by atoms with Crippen LogP contribution in [0, 0.1) is 3.57 Å². The number of hydrogen-bond donors (Lipinski definition) is 0. The lowest BCUT2D eigenvalue weighted by atomic mass is 10.1. The van der Waals surface area contributed by atoms with Crippen molar-refractivity contribution < 1.29 is 22.7 Å². The Labute approximate surface area is 133 Å². The molecule has 0 atom stereocenters. The van der Waals surface area contributed by atoms with Crippen molar-refractivity contribution in [2.24, 2.45) is 0 Å². The normalized spacial score (nSPS) is 11.2. The summed E-state index contributed by atoms with van der Waals surface area (Å²) in [5, 5.41) is 0. The van der Waals surface area contributed by atoms with E-state index in [1.807, 2.05) is 0 Å². The van der Waals surface area contributed by atoms with Crippen LogP contribution in [0.15, 0.2) is 48.5 Å². The molecule has 6 heteroatoms. The highest BCUT2D eigenvalue weighted by Gasteiger charge is 2.35. The van der Waals surface area contributed by atoms with E-state index in [2.05, 4.69) is 0 Å². The molecule has 0 bridgehead atoms. The van der Waals surface area contributed by atoms with Gasteiger partial charge in [-0.1, -0.05) is 30.3 Å². The van der Waals surface area contributed by atoms with Crippen molar-refractivity contribution >= 4 is 28.6 Å². The Morgan fingerprint density at radius 1 is 1.10 bits per heavy atom. The van der Waals surface area contributed by atoms with Crippen LogP contribution in [0.4, 0.5) is 13.2 Å². The fraction of sp³-hybridized carbons (Fsp3) is 0.133. The minimum atomic E-state index is -4.59. The van der Waals surface area contributed by atoms with E-state index in [1.165, 1.54) is 6.07 Å². The molecule has 2 rings (SSSR count). The van der Waals surface area contributed by atoms with Crippen LogP contribution in [0.1, 0.15) is 21.5 Å². The second-order valence-electron chi connectivity index (χ2n) is 4.25. The molecule has 2 aromatic carbocycles. The lowest BCUT2D eigenvalue weighted by molar-refractivity contribution is -0.138. The molecule has 21 heavy (non-hydrogen) atoms. The predicted molar refractivity (Wildman–Crippen MR) is 79.7 cm³/mol. The molecule has 2 aromatic rings. The predicted octanol–water partition coefficient (Wildman–Crippen LogP) is 4.67. The summed E-state index contributed by atoms with van der Waals surface area (Å²) in [7, 11) is 0. The number of carbonyl (C=O) groups excluding carboxylic acids is 1. The molecule has 0 saturated heterocycles. The average Bonchev–Trinajstić information content (AvgIpc) is 2.45. The number of hydrogen-bond acceptors (Lipinski definition) is 2. The second kappa shape index (κ2) is 6.46. The zero-order chi connectivity index (χ0) is 15.5. The second-order valence-corrected chi connectivity index (χ2v) is 5.50. The van der Waals surface area contributed by atoms with Crippen molar-refractivity contribution in [1.29, 1.82) is 0 Å². The van der Waals surface area contributed by atoms with Gasteiger partial charge in [0.2, 0.25) is 0 Å². The zero-order valence-electron chi connectivity index (χ0n) is 10.7. The fourth-order valence-electron chi connectivity index (χ4n) is 1.73. The summed E-state index contributed by atoms with van der Waals surface area (Å²) in [5.41, 5.74) is -0.740. The summed E-state index contributed by atoms with van der Waals surface area (Å²) < 4.78 is 44.2. The molecular weight excluding hydrogens is 396 g/mol. The summed E-state index contributed by atoms with van der Waals surface area (Å²) in [4.78, 5) is 11.9. The third kappa shape index (κ3) is 4.20. The molecule has 0 N–H and O–H groups in total.